The van der Waals surface area contributed by atoms with Crippen LogP contribution in [0.4, 0.5) is 17.6 Å². The lowest BCUT2D eigenvalue weighted by molar-refractivity contribution is -0.144. The van der Waals surface area contributed by atoms with Crippen molar-refractivity contribution in [2.45, 2.75) is 31.9 Å². The van der Waals surface area contributed by atoms with Gasteiger partial charge in [-0.15, -0.1) is 5.10 Å². The van der Waals surface area contributed by atoms with E-state index in [1.54, 1.807) is 47.4 Å². The lowest BCUT2D eigenvalue weighted by atomic mass is 10.0. The zero-order chi connectivity index (χ0) is 26.3. The SMILES string of the molecule is C[C@H](NC(=O)C(C)(F)F)[C@H](Oc1ccc2c(cnn2-c2ccc3nnnn3c2)c1)c1cc(F)cc(F)c1. The number of tetrazole rings is 1. The van der Waals surface area contributed by atoms with Gasteiger partial charge in [0.2, 0.25) is 0 Å². The molecule has 3 heterocycles. The molecule has 0 saturated carbocycles. The Kier molecular flexibility index (Phi) is 5.97. The summed E-state index contributed by atoms with van der Waals surface area (Å²) in [6.07, 6.45) is 2.10. The summed E-state index contributed by atoms with van der Waals surface area (Å²) in [5.74, 6) is -6.67. The van der Waals surface area contributed by atoms with Gasteiger partial charge in [-0.1, -0.05) is 0 Å². The van der Waals surface area contributed by atoms with Gasteiger partial charge in [-0.2, -0.15) is 18.4 Å². The fourth-order valence-electron chi connectivity index (χ4n) is 3.90. The maximum absolute atomic E-state index is 14.0. The molecule has 13 heteroatoms. The van der Waals surface area contributed by atoms with E-state index in [0.717, 1.165) is 12.1 Å². The van der Waals surface area contributed by atoms with Crippen molar-refractivity contribution in [3.05, 3.63) is 78.1 Å². The van der Waals surface area contributed by atoms with E-state index >= 15 is 0 Å². The number of nitrogens with zero attached hydrogens (tertiary/aromatic N) is 6. The van der Waals surface area contributed by atoms with Crippen molar-refractivity contribution in [2.75, 3.05) is 0 Å². The normalized spacial score (nSPS) is 13.6. The highest BCUT2D eigenvalue weighted by atomic mass is 19.3. The predicted molar refractivity (Wildman–Crippen MR) is 123 cm³/mol. The molecule has 190 valence electrons. The van der Waals surface area contributed by atoms with Crippen molar-refractivity contribution in [1.82, 2.24) is 35.1 Å². The largest absolute Gasteiger partial charge is 0.484 e. The molecule has 0 bridgehead atoms. The first-order valence-corrected chi connectivity index (χ1v) is 11.1. The van der Waals surface area contributed by atoms with Crippen LogP contribution in [0.5, 0.6) is 5.75 Å². The summed E-state index contributed by atoms with van der Waals surface area (Å²) in [5.41, 5.74) is 1.99. The van der Waals surface area contributed by atoms with Crippen molar-refractivity contribution in [2.24, 2.45) is 0 Å². The average Bonchev–Trinajstić information content (AvgIpc) is 3.47. The summed E-state index contributed by atoms with van der Waals surface area (Å²) in [7, 11) is 0. The number of carbonyl (C=O) groups excluding carboxylic acids is 1. The molecule has 0 fully saturated rings. The number of amides is 1. The number of alkyl halides is 2. The Morgan fingerprint density at radius 3 is 2.57 bits per heavy atom. The van der Waals surface area contributed by atoms with E-state index in [1.807, 2.05) is 0 Å². The first-order chi connectivity index (χ1) is 17.6. The minimum absolute atomic E-state index is 0.0234. The van der Waals surface area contributed by atoms with Crippen LogP contribution in [0.1, 0.15) is 25.5 Å². The first-order valence-electron chi connectivity index (χ1n) is 11.1. The third kappa shape index (κ3) is 4.92. The number of fused-ring (bicyclic) bond motifs is 2. The van der Waals surface area contributed by atoms with Gasteiger partial charge < -0.3 is 10.1 Å². The summed E-state index contributed by atoms with van der Waals surface area (Å²) >= 11 is 0. The minimum atomic E-state index is -3.65. The highest BCUT2D eigenvalue weighted by molar-refractivity contribution is 5.83. The Morgan fingerprint density at radius 1 is 1.08 bits per heavy atom. The van der Waals surface area contributed by atoms with E-state index in [1.165, 1.54) is 11.4 Å². The number of rotatable bonds is 7. The number of nitrogens with one attached hydrogen (secondary N) is 1. The summed E-state index contributed by atoms with van der Waals surface area (Å²) in [5, 5.41) is 18.6. The molecule has 0 unspecified atom stereocenters. The van der Waals surface area contributed by atoms with E-state index in [-0.39, 0.29) is 11.3 Å². The van der Waals surface area contributed by atoms with Crippen LogP contribution in [-0.2, 0) is 4.79 Å². The van der Waals surface area contributed by atoms with E-state index in [4.69, 9.17) is 4.74 Å². The monoisotopic (exact) mass is 513 g/mol. The Labute approximate surface area is 206 Å². The van der Waals surface area contributed by atoms with Gasteiger partial charge in [0.1, 0.15) is 23.5 Å². The molecule has 2 aromatic carbocycles. The van der Waals surface area contributed by atoms with Gasteiger partial charge in [0.05, 0.1) is 29.6 Å². The van der Waals surface area contributed by atoms with Gasteiger partial charge >= 0.3 is 5.92 Å². The standard InChI is InChI=1S/C24H19F4N7O2/c1-13(30-23(36)24(2,27)28)22(14-7-16(25)10-17(26)8-14)37-19-4-5-20-15(9-19)11-29-35(20)18-3-6-21-31-32-33-34(21)12-18/h3-13,22H,1-2H3,(H,30,36)/t13-,22-/m0/s1. The average molecular weight is 513 g/mol. The highest BCUT2D eigenvalue weighted by Crippen LogP contribution is 2.30. The predicted octanol–water partition coefficient (Wildman–Crippen LogP) is 4.02. The van der Waals surface area contributed by atoms with Gasteiger partial charge in [-0.3, -0.25) is 4.79 Å². The highest BCUT2D eigenvalue weighted by Gasteiger charge is 2.35. The molecule has 5 aromatic rings. The lowest BCUT2D eigenvalue weighted by Gasteiger charge is -2.27. The van der Waals surface area contributed by atoms with Crippen molar-refractivity contribution >= 4 is 22.5 Å². The maximum atomic E-state index is 14.0. The van der Waals surface area contributed by atoms with E-state index in [9.17, 15) is 22.4 Å². The van der Waals surface area contributed by atoms with Crippen LogP contribution in [-0.4, -0.2) is 47.7 Å². The molecule has 0 radical (unpaired) electrons. The topological polar surface area (TPSA) is 99.2 Å². The number of hydrogen-bond acceptors (Lipinski definition) is 6. The second kappa shape index (κ2) is 9.15. The van der Waals surface area contributed by atoms with E-state index in [0.29, 0.717) is 35.2 Å². The molecule has 5 rings (SSSR count). The van der Waals surface area contributed by atoms with Crippen molar-refractivity contribution in [3.63, 3.8) is 0 Å². The van der Waals surface area contributed by atoms with Crippen LogP contribution in [0.25, 0.3) is 22.2 Å². The van der Waals surface area contributed by atoms with Crippen molar-refractivity contribution < 1.29 is 27.1 Å². The molecule has 9 nitrogen and oxygen atoms in total. The minimum Gasteiger partial charge on any atom is -0.484 e. The zero-order valence-corrected chi connectivity index (χ0v) is 19.4. The quantitative estimate of drug-likeness (QED) is 0.330. The van der Waals surface area contributed by atoms with Gasteiger partial charge in [-0.05, 0) is 59.8 Å². The molecule has 0 spiro atoms. The lowest BCUT2D eigenvalue weighted by Crippen LogP contribution is -2.46. The summed E-state index contributed by atoms with van der Waals surface area (Å²) in [6, 6.07) is 10.1. The number of ether oxygens (including phenoxy) is 1. The molecule has 37 heavy (non-hydrogen) atoms. The van der Waals surface area contributed by atoms with Crippen LogP contribution >= 0.6 is 0 Å². The van der Waals surface area contributed by atoms with Crippen LogP contribution in [0.2, 0.25) is 0 Å². The smallest absolute Gasteiger partial charge is 0.321 e. The molecule has 1 N–H and O–H groups in total. The fraction of sp³-hybridized carbons (Fsp3) is 0.208. The Bertz CT molecular complexity index is 1590. The van der Waals surface area contributed by atoms with Crippen LogP contribution in [0, 0.1) is 11.6 Å². The Morgan fingerprint density at radius 2 is 1.84 bits per heavy atom. The number of carbonyl (C=O) groups is 1. The summed E-state index contributed by atoms with van der Waals surface area (Å²) in [6.45, 7) is 1.86. The van der Waals surface area contributed by atoms with Gasteiger partial charge in [0, 0.05) is 23.9 Å². The van der Waals surface area contributed by atoms with E-state index in [2.05, 4.69) is 25.9 Å². The molecule has 0 saturated heterocycles. The molecular formula is C24H19F4N7O2. The zero-order valence-electron chi connectivity index (χ0n) is 19.4. The molecule has 2 atom stereocenters. The molecule has 0 aliphatic heterocycles. The number of benzene rings is 2. The first kappa shape index (κ1) is 24.2. The van der Waals surface area contributed by atoms with E-state index < -0.39 is 35.6 Å². The second-order valence-electron chi connectivity index (χ2n) is 8.54. The molecule has 0 aliphatic rings. The Balaban J connectivity index is 1.47. The molecule has 0 aliphatic carbocycles. The molecule has 1 amide bonds. The van der Waals surface area contributed by atoms with Gasteiger partial charge in [-0.25, -0.2) is 13.5 Å². The van der Waals surface area contributed by atoms with Crippen LogP contribution in [0.3, 0.4) is 0 Å². The number of hydrogen-bond donors (Lipinski definition) is 1. The fourth-order valence-corrected chi connectivity index (χ4v) is 3.90. The second-order valence-corrected chi connectivity index (χ2v) is 8.54. The third-order valence-corrected chi connectivity index (χ3v) is 5.65. The van der Waals surface area contributed by atoms with Gasteiger partial charge in [0.25, 0.3) is 5.91 Å². The van der Waals surface area contributed by atoms with Crippen molar-refractivity contribution in [1.29, 1.82) is 0 Å². The summed E-state index contributed by atoms with van der Waals surface area (Å²) in [4.78, 5) is 11.9. The summed E-state index contributed by atoms with van der Waals surface area (Å²) < 4.78 is 64.1. The Hall–Kier alpha value is -4.55. The number of halogens is 4. The van der Waals surface area contributed by atoms with Crippen LogP contribution < -0.4 is 10.1 Å². The number of aromatic nitrogens is 6. The van der Waals surface area contributed by atoms with Crippen LogP contribution in [0.15, 0.2) is 60.9 Å². The molecular weight excluding hydrogens is 494 g/mol. The number of pyridine rings is 1. The molecule has 3 aromatic heterocycles. The maximum Gasteiger partial charge on any atom is 0.321 e. The van der Waals surface area contributed by atoms with Gasteiger partial charge in [0.15, 0.2) is 5.65 Å². The third-order valence-electron chi connectivity index (χ3n) is 5.65. The van der Waals surface area contributed by atoms with Crippen molar-refractivity contribution in [3.8, 4) is 11.4 Å².